The van der Waals surface area contributed by atoms with Crippen molar-refractivity contribution in [2.45, 2.75) is 26.3 Å². The van der Waals surface area contributed by atoms with Crippen molar-refractivity contribution in [2.24, 2.45) is 7.05 Å². The highest BCUT2D eigenvalue weighted by molar-refractivity contribution is 5.48. The standard InChI is InChI=1S/C19H26FN5O2/c1-15-5-6-16(13-17(15)20)24-11-9-23(10-12-24)7-3-4-8-25-19(27)22(2)18(26)14-21-25/h5-6,13-14H,3-4,7-12H2,1-2H3/i20-1. The van der Waals surface area contributed by atoms with Crippen molar-refractivity contribution in [3.05, 3.63) is 56.6 Å². The van der Waals surface area contributed by atoms with Gasteiger partial charge in [0.15, 0.2) is 0 Å². The zero-order chi connectivity index (χ0) is 19.4. The van der Waals surface area contributed by atoms with E-state index in [9.17, 15) is 14.0 Å². The Labute approximate surface area is 157 Å². The van der Waals surface area contributed by atoms with Crippen LogP contribution in [-0.2, 0) is 13.6 Å². The van der Waals surface area contributed by atoms with Crippen molar-refractivity contribution in [1.29, 1.82) is 0 Å². The lowest BCUT2D eigenvalue weighted by atomic mass is 10.2. The minimum atomic E-state index is -0.387. The fraction of sp³-hybridized carbons (Fsp3) is 0.526. The third-order valence-corrected chi connectivity index (χ3v) is 5.13. The van der Waals surface area contributed by atoms with Crippen molar-refractivity contribution in [3.63, 3.8) is 0 Å². The smallest absolute Gasteiger partial charge is 0.347 e. The molecule has 0 atom stereocenters. The number of aryl methyl sites for hydroxylation is 2. The zero-order valence-electron chi connectivity index (χ0n) is 15.9. The first-order chi connectivity index (χ1) is 13.0. The molecule has 1 fully saturated rings. The van der Waals surface area contributed by atoms with E-state index < -0.39 is 0 Å². The molecule has 2 heterocycles. The first-order valence-electron chi connectivity index (χ1n) is 9.32. The number of nitrogens with zero attached hydrogens (tertiary/aromatic N) is 5. The summed E-state index contributed by atoms with van der Waals surface area (Å²) in [7, 11) is 1.46. The fourth-order valence-electron chi connectivity index (χ4n) is 3.28. The molecular weight excluding hydrogens is 348 g/mol. The molecule has 1 aliphatic heterocycles. The molecule has 0 amide bonds. The number of piperazine rings is 1. The summed E-state index contributed by atoms with van der Waals surface area (Å²) < 4.78 is 16.2. The molecule has 0 N–H and O–H groups in total. The van der Waals surface area contributed by atoms with Crippen LogP contribution in [0.3, 0.4) is 0 Å². The number of anilines is 1. The average molecular weight is 374 g/mol. The minimum absolute atomic E-state index is 0.155. The number of halogens is 1. The number of benzene rings is 1. The van der Waals surface area contributed by atoms with Crippen molar-refractivity contribution in [2.75, 3.05) is 37.6 Å². The van der Waals surface area contributed by atoms with Crippen molar-refractivity contribution < 1.29 is 4.39 Å². The molecule has 146 valence electrons. The quantitative estimate of drug-likeness (QED) is 0.706. The summed E-state index contributed by atoms with van der Waals surface area (Å²) >= 11 is 0. The predicted molar refractivity (Wildman–Crippen MR) is 103 cm³/mol. The number of aromatic nitrogens is 3. The van der Waals surface area contributed by atoms with Crippen molar-refractivity contribution >= 4 is 5.69 Å². The van der Waals surface area contributed by atoms with Gasteiger partial charge in [-0.05, 0) is 44.0 Å². The summed E-state index contributed by atoms with van der Waals surface area (Å²) in [6, 6.07) is 5.42. The van der Waals surface area contributed by atoms with E-state index in [4.69, 9.17) is 0 Å². The molecule has 0 radical (unpaired) electrons. The summed E-state index contributed by atoms with van der Waals surface area (Å²) in [6.07, 6.45) is 2.96. The van der Waals surface area contributed by atoms with Crippen molar-refractivity contribution in [3.8, 4) is 0 Å². The van der Waals surface area contributed by atoms with Gasteiger partial charge in [-0.1, -0.05) is 6.07 Å². The van der Waals surface area contributed by atoms with Gasteiger partial charge in [-0.2, -0.15) is 5.10 Å². The molecule has 3 rings (SSSR count). The van der Waals surface area contributed by atoms with E-state index in [1.807, 2.05) is 12.1 Å². The SMILES string of the molecule is Cc1ccc(N2CCN(CCCCn3ncc(=O)n(C)c3=O)CC2)cc1[18F]. The highest BCUT2D eigenvalue weighted by Crippen LogP contribution is 2.19. The fourth-order valence-corrected chi connectivity index (χ4v) is 3.28. The molecule has 0 bridgehead atoms. The molecule has 1 saturated heterocycles. The lowest BCUT2D eigenvalue weighted by Gasteiger charge is -2.36. The molecule has 27 heavy (non-hydrogen) atoms. The third kappa shape index (κ3) is 4.63. The van der Waals surface area contributed by atoms with Gasteiger partial charge in [0.25, 0.3) is 5.56 Å². The van der Waals surface area contributed by atoms with E-state index in [-0.39, 0.29) is 17.1 Å². The van der Waals surface area contributed by atoms with Gasteiger partial charge >= 0.3 is 5.69 Å². The lowest BCUT2D eigenvalue weighted by molar-refractivity contribution is 0.250. The summed E-state index contributed by atoms with van der Waals surface area (Å²) in [5, 5.41) is 3.90. The van der Waals surface area contributed by atoms with Gasteiger partial charge in [0.05, 0.1) is 0 Å². The van der Waals surface area contributed by atoms with Gasteiger partial charge in [-0.25, -0.2) is 13.9 Å². The van der Waals surface area contributed by atoms with Crippen LogP contribution in [0.2, 0.25) is 0 Å². The van der Waals surface area contributed by atoms with E-state index in [1.54, 1.807) is 13.0 Å². The van der Waals surface area contributed by atoms with Crippen LogP contribution in [-0.4, -0.2) is 52.0 Å². The van der Waals surface area contributed by atoms with E-state index in [0.29, 0.717) is 12.1 Å². The molecule has 7 nitrogen and oxygen atoms in total. The van der Waals surface area contributed by atoms with Crippen LogP contribution in [0.25, 0.3) is 0 Å². The molecule has 1 aromatic carbocycles. The molecule has 0 aliphatic carbocycles. The number of unbranched alkanes of at least 4 members (excludes halogenated alkanes) is 1. The lowest BCUT2D eigenvalue weighted by Crippen LogP contribution is -2.46. The maximum absolute atomic E-state index is 13.7. The van der Waals surface area contributed by atoms with Gasteiger partial charge in [0.2, 0.25) is 0 Å². The first kappa shape index (κ1) is 19.3. The molecule has 8 heteroatoms. The molecule has 0 spiro atoms. The molecule has 2 aromatic rings. The summed E-state index contributed by atoms with van der Waals surface area (Å²) in [6.45, 7) is 6.87. The second-order valence-electron chi connectivity index (χ2n) is 7.02. The van der Waals surface area contributed by atoms with Crippen LogP contribution in [0.1, 0.15) is 18.4 Å². The Kier molecular flexibility index (Phi) is 6.05. The van der Waals surface area contributed by atoms with Crippen LogP contribution < -0.4 is 16.1 Å². The third-order valence-electron chi connectivity index (χ3n) is 5.13. The highest BCUT2D eigenvalue weighted by Gasteiger charge is 2.17. The summed E-state index contributed by atoms with van der Waals surface area (Å²) in [5.74, 6) is -0.155. The van der Waals surface area contributed by atoms with Crippen LogP contribution >= 0.6 is 0 Å². The Morgan fingerprint density at radius 3 is 2.48 bits per heavy atom. The average Bonchev–Trinajstić information content (AvgIpc) is 2.67. The van der Waals surface area contributed by atoms with Gasteiger partial charge in [-0.3, -0.25) is 14.3 Å². The Hall–Kier alpha value is -2.48. The highest BCUT2D eigenvalue weighted by atomic mass is 18.2. The Bertz CT molecular complexity index is 900. The van der Waals surface area contributed by atoms with Crippen LogP contribution in [0.4, 0.5) is 10.1 Å². The maximum atomic E-state index is 13.7. The Balaban J connectivity index is 1.42. The van der Waals surface area contributed by atoms with E-state index in [2.05, 4.69) is 14.9 Å². The summed E-state index contributed by atoms with van der Waals surface area (Å²) in [4.78, 5) is 27.9. The van der Waals surface area contributed by atoms with Crippen LogP contribution in [0, 0.1) is 12.7 Å². The Morgan fingerprint density at radius 1 is 1.07 bits per heavy atom. The Morgan fingerprint density at radius 2 is 1.78 bits per heavy atom. The van der Waals surface area contributed by atoms with E-state index >= 15 is 0 Å². The number of hydrogen-bond donors (Lipinski definition) is 0. The predicted octanol–water partition coefficient (Wildman–Crippen LogP) is 0.992. The number of hydrogen-bond acceptors (Lipinski definition) is 5. The largest absolute Gasteiger partial charge is 0.369 e. The van der Waals surface area contributed by atoms with Gasteiger partial charge < -0.3 is 4.90 Å². The first-order valence-corrected chi connectivity index (χ1v) is 9.32. The van der Waals surface area contributed by atoms with Crippen molar-refractivity contribution in [1.82, 2.24) is 19.2 Å². The normalized spacial score (nSPS) is 15.3. The monoisotopic (exact) mass is 374 g/mol. The second-order valence-corrected chi connectivity index (χ2v) is 7.02. The van der Waals surface area contributed by atoms with E-state index in [0.717, 1.165) is 55.8 Å². The molecule has 0 saturated carbocycles. The van der Waals surface area contributed by atoms with Gasteiger partial charge in [0.1, 0.15) is 12.0 Å². The molecule has 1 aromatic heterocycles. The molecule has 1 aliphatic rings. The van der Waals surface area contributed by atoms with Gasteiger partial charge in [0, 0.05) is 45.5 Å². The molecular formula is C19H26FN5O2. The second kappa shape index (κ2) is 8.47. The van der Waals surface area contributed by atoms with E-state index in [1.165, 1.54) is 17.9 Å². The van der Waals surface area contributed by atoms with Crippen LogP contribution in [0.15, 0.2) is 34.0 Å². The minimum Gasteiger partial charge on any atom is -0.369 e. The maximum Gasteiger partial charge on any atom is 0.347 e. The molecule has 0 unspecified atom stereocenters. The number of rotatable bonds is 6. The van der Waals surface area contributed by atoms with Gasteiger partial charge in [-0.15, -0.1) is 0 Å². The topological polar surface area (TPSA) is 63.4 Å². The zero-order valence-corrected chi connectivity index (χ0v) is 15.9. The summed E-state index contributed by atoms with van der Waals surface area (Å²) in [5.41, 5.74) is 0.853. The van der Waals surface area contributed by atoms with Crippen LogP contribution in [0.5, 0.6) is 0 Å².